The molecular weight excluding hydrogens is 215 g/mol. The highest BCUT2D eigenvalue weighted by atomic mass is 31.2. The molecule has 1 rings (SSSR count). The predicted molar refractivity (Wildman–Crippen MR) is 58.5 cm³/mol. The molecule has 0 unspecified atom stereocenters. The zero-order chi connectivity index (χ0) is 11.9. The molecule has 0 aromatic heterocycles. The standard InChI is InChI=1S/C8H9O4P.C2H6/c9-8(13(10,11)12)6-7-4-2-1-3-5-7;1-2/h1-5H,6H2,(H2,10,11,12);1-2H3. The molecule has 0 aliphatic carbocycles. The summed E-state index contributed by atoms with van der Waals surface area (Å²) < 4.78 is 10.5. The van der Waals surface area contributed by atoms with Crippen LogP contribution in [0.15, 0.2) is 30.3 Å². The second-order valence-electron chi connectivity index (χ2n) is 2.60. The van der Waals surface area contributed by atoms with Gasteiger partial charge in [0, 0.05) is 6.42 Å². The molecule has 0 fully saturated rings. The van der Waals surface area contributed by atoms with Gasteiger partial charge in [-0.05, 0) is 5.56 Å². The van der Waals surface area contributed by atoms with Crippen LogP contribution in [0.3, 0.4) is 0 Å². The topological polar surface area (TPSA) is 74.6 Å². The van der Waals surface area contributed by atoms with Gasteiger partial charge in [-0.25, -0.2) is 0 Å². The lowest BCUT2D eigenvalue weighted by Gasteiger charge is -2.01. The Bertz CT molecular complexity index is 342. The van der Waals surface area contributed by atoms with E-state index in [9.17, 15) is 9.36 Å². The van der Waals surface area contributed by atoms with Gasteiger partial charge in [-0.15, -0.1) is 0 Å². The Kier molecular flexibility index (Phi) is 6.09. The fourth-order valence-electron chi connectivity index (χ4n) is 0.873. The second-order valence-corrected chi connectivity index (χ2v) is 4.19. The molecule has 0 saturated carbocycles. The summed E-state index contributed by atoms with van der Waals surface area (Å²) >= 11 is 0. The van der Waals surface area contributed by atoms with Crippen molar-refractivity contribution in [1.82, 2.24) is 0 Å². The van der Waals surface area contributed by atoms with Crippen molar-refractivity contribution in [3.05, 3.63) is 35.9 Å². The van der Waals surface area contributed by atoms with Crippen molar-refractivity contribution >= 4 is 13.1 Å². The van der Waals surface area contributed by atoms with Crippen molar-refractivity contribution < 1.29 is 19.1 Å². The molecule has 0 atom stereocenters. The summed E-state index contributed by atoms with van der Waals surface area (Å²) in [5, 5.41) is 0. The fourth-order valence-corrected chi connectivity index (χ4v) is 1.26. The third kappa shape index (κ3) is 5.47. The Morgan fingerprint density at radius 3 is 2.07 bits per heavy atom. The molecule has 0 aliphatic heterocycles. The summed E-state index contributed by atoms with van der Waals surface area (Å²) in [5.74, 6) is 0. The predicted octanol–water partition coefficient (Wildman–Crippen LogP) is 1.96. The lowest BCUT2D eigenvalue weighted by atomic mass is 10.2. The maximum absolute atomic E-state index is 10.9. The molecule has 1 aromatic carbocycles. The molecular formula is C10H15O4P. The van der Waals surface area contributed by atoms with Crippen molar-refractivity contribution in [3.63, 3.8) is 0 Å². The number of carbonyl (C=O) groups is 1. The van der Waals surface area contributed by atoms with Crippen LogP contribution in [0.1, 0.15) is 19.4 Å². The highest BCUT2D eigenvalue weighted by Gasteiger charge is 2.24. The summed E-state index contributed by atoms with van der Waals surface area (Å²) in [7, 11) is -4.56. The number of hydrogen-bond acceptors (Lipinski definition) is 2. The van der Waals surface area contributed by atoms with Crippen molar-refractivity contribution in [1.29, 1.82) is 0 Å². The van der Waals surface area contributed by atoms with Gasteiger partial charge < -0.3 is 9.79 Å². The Balaban J connectivity index is 0.000000921. The Hall–Kier alpha value is -0.960. The van der Waals surface area contributed by atoms with Gasteiger partial charge in [-0.1, -0.05) is 44.2 Å². The lowest BCUT2D eigenvalue weighted by Crippen LogP contribution is -2.02. The highest BCUT2D eigenvalue weighted by Crippen LogP contribution is 2.36. The Morgan fingerprint density at radius 1 is 1.20 bits per heavy atom. The normalized spacial score (nSPS) is 10.1. The van der Waals surface area contributed by atoms with E-state index in [1.54, 1.807) is 30.3 Å². The van der Waals surface area contributed by atoms with E-state index in [1.165, 1.54) is 0 Å². The van der Waals surface area contributed by atoms with Crippen LogP contribution in [0, 0.1) is 0 Å². The van der Waals surface area contributed by atoms with Gasteiger partial charge in [-0.2, -0.15) is 0 Å². The minimum atomic E-state index is -4.56. The maximum atomic E-state index is 10.9. The first kappa shape index (κ1) is 14.0. The van der Waals surface area contributed by atoms with Gasteiger partial charge in [0.25, 0.3) is 0 Å². The van der Waals surface area contributed by atoms with Gasteiger partial charge in [0.1, 0.15) is 0 Å². The molecule has 0 radical (unpaired) electrons. The second kappa shape index (κ2) is 6.51. The van der Waals surface area contributed by atoms with E-state index in [-0.39, 0.29) is 6.42 Å². The zero-order valence-electron chi connectivity index (χ0n) is 8.75. The SMILES string of the molecule is CC.O=C(Cc1ccccc1)P(=O)(O)O. The molecule has 0 heterocycles. The summed E-state index contributed by atoms with van der Waals surface area (Å²) in [4.78, 5) is 27.9. The van der Waals surface area contributed by atoms with Gasteiger partial charge >= 0.3 is 7.60 Å². The number of rotatable bonds is 3. The van der Waals surface area contributed by atoms with Crippen LogP contribution < -0.4 is 0 Å². The van der Waals surface area contributed by atoms with E-state index >= 15 is 0 Å². The molecule has 0 aliphatic rings. The first-order valence-corrected chi connectivity index (χ1v) is 6.24. The molecule has 2 N–H and O–H groups in total. The van der Waals surface area contributed by atoms with Gasteiger partial charge in [0.05, 0.1) is 0 Å². The number of carbonyl (C=O) groups excluding carboxylic acids is 1. The fraction of sp³-hybridized carbons (Fsp3) is 0.300. The summed E-state index contributed by atoms with van der Waals surface area (Å²) in [5.41, 5.74) is -0.436. The van der Waals surface area contributed by atoms with E-state index in [0.29, 0.717) is 5.56 Å². The molecule has 0 bridgehead atoms. The average Bonchev–Trinajstić information content (AvgIpc) is 2.21. The van der Waals surface area contributed by atoms with Crippen LogP contribution >= 0.6 is 7.60 Å². The third-order valence-corrected chi connectivity index (χ3v) is 2.33. The number of hydrogen-bond donors (Lipinski definition) is 2. The van der Waals surface area contributed by atoms with E-state index in [4.69, 9.17) is 9.79 Å². The molecule has 4 nitrogen and oxygen atoms in total. The number of benzene rings is 1. The largest absolute Gasteiger partial charge is 0.391 e. The van der Waals surface area contributed by atoms with Crippen LogP contribution in [0.4, 0.5) is 0 Å². The Morgan fingerprint density at radius 2 is 1.67 bits per heavy atom. The minimum absolute atomic E-state index is 0.217. The smallest absolute Gasteiger partial charge is 0.319 e. The highest BCUT2D eigenvalue weighted by molar-refractivity contribution is 7.70. The van der Waals surface area contributed by atoms with E-state index in [1.807, 2.05) is 13.8 Å². The summed E-state index contributed by atoms with van der Waals surface area (Å²) in [6, 6.07) is 8.48. The van der Waals surface area contributed by atoms with Gasteiger partial charge in [-0.3, -0.25) is 9.36 Å². The molecule has 0 saturated heterocycles. The third-order valence-electron chi connectivity index (χ3n) is 1.52. The van der Waals surface area contributed by atoms with E-state index < -0.39 is 13.1 Å². The Labute approximate surface area is 89.1 Å². The summed E-state index contributed by atoms with van der Waals surface area (Å²) in [6.07, 6.45) is -0.217. The van der Waals surface area contributed by atoms with Crippen LogP contribution in [0.25, 0.3) is 0 Å². The monoisotopic (exact) mass is 230 g/mol. The molecule has 15 heavy (non-hydrogen) atoms. The molecule has 5 heteroatoms. The summed E-state index contributed by atoms with van der Waals surface area (Å²) in [6.45, 7) is 4.00. The average molecular weight is 230 g/mol. The zero-order valence-corrected chi connectivity index (χ0v) is 9.65. The van der Waals surface area contributed by atoms with Crippen LogP contribution in [-0.2, 0) is 15.8 Å². The van der Waals surface area contributed by atoms with Crippen molar-refractivity contribution in [3.8, 4) is 0 Å². The molecule has 84 valence electrons. The lowest BCUT2D eigenvalue weighted by molar-refractivity contribution is -0.112. The maximum Gasteiger partial charge on any atom is 0.391 e. The van der Waals surface area contributed by atoms with Gasteiger partial charge in [0.2, 0.25) is 5.52 Å². The molecule has 0 amide bonds. The minimum Gasteiger partial charge on any atom is -0.319 e. The van der Waals surface area contributed by atoms with Crippen molar-refractivity contribution in [2.24, 2.45) is 0 Å². The van der Waals surface area contributed by atoms with Crippen LogP contribution in [-0.4, -0.2) is 15.3 Å². The molecule has 1 aromatic rings. The first-order chi connectivity index (χ1) is 7.00. The van der Waals surface area contributed by atoms with Crippen LogP contribution in [0.2, 0.25) is 0 Å². The van der Waals surface area contributed by atoms with Crippen molar-refractivity contribution in [2.45, 2.75) is 20.3 Å². The van der Waals surface area contributed by atoms with E-state index in [0.717, 1.165) is 0 Å². The van der Waals surface area contributed by atoms with Gasteiger partial charge in [0.15, 0.2) is 0 Å². The van der Waals surface area contributed by atoms with E-state index in [2.05, 4.69) is 0 Å². The van der Waals surface area contributed by atoms with Crippen LogP contribution in [0.5, 0.6) is 0 Å². The first-order valence-electron chi connectivity index (χ1n) is 4.63. The molecule has 0 spiro atoms. The van der Waals surface area contributed by atoms with Crippen molar-refractivity contribution in [2.75, 3.05) is 0 Å². The quantitative estimate of drug-likeness (QED) is 0.778.